The van der Waals surface area contributed by atoms with Crippen molar-refractivity contribution in [1.82, 2.24) is 4.72 Å². The first-order valence-electron chi connectivity index (χ1n) is 4.73. The number of hydrogen-bond donors (Lipinski definition) is 2. The van der Waals surface area contributed by atoms with Gasteiger partial charge in [0.2, 0.25) is 10.0 Å². The molecule has 0 spiro atoms. The highest BCUT2D eigenvalue weighted by atomic mass is 32.2. The molecule has 0 unspecified atom stereocenters. The SMILES string of the molecule is CC(C)COCCNS(=O)(=O)CCN. The van der Waals surface area contributed by atoms with Gasteiger partial charge in [0, 0.05) is 19.7 Å². The van der Waals surface area contributed by atoms with Crippen molar-refractivity contribution in [1.29, 1.82) is 0 Å². The second-order valence-corrected chi connectivity index (χ2v) is 5.40. The summed E-state index contributed by atoms with van der Waals surface area (Å²) in [5, 5.41) is 0. The Morgan fingerprint density at radius 2 is 2.07 bits per heavy atom. The first kappa shape index (κ1) is 13.8. The number of hydrogen-bond acceptors (Lipinski definition) is 4. The molecule has 0 heterocycles. The molecule has 86 valence electrons. The van der Waals surface area contributed by atoms with Crippen LogP contribution in [0.3, 0.4) is 0 Å². The van der Waals surface area contributed by atoms with E-state index in [0.29, 0.717) is 25.7 Å². The maximum absolute atomic E-state index is 11.1. The summed E-state index contributed by atoms with van der Waals surface area (Å²) >= 11 is 0. The minimum atomic E-state index is -3.19. The third-order valence-corrected chi connectivity index (χ3v) is 2.82. The molecule has 0 saturated carbocycles. The maximum atomic E-state index is 11.1. The van der Waals surface area contributed by atoms with Gasteiger partial charge in [-0.3, -0.25) is 0 Å². The van der Waals surface area contributed by atoms with E-state index in [2.05, 4.69) is 4.72 Å². The molecule has 0 aliphatic carbocycles. The Morgan fingerprint density at radius 3 is 2.57 bits per heavy atom. The van der Waals surface area contributed by atoms with E-state index in [0.717, 1.165) is 0 Å². The molecule has 0 radical (unpaired) electrons. The van der Waals surface area contributed by atoms with E-state index in [1.807, 2.05) is 13.8 Å². The zero-order valence-corrected chi connectivity index (χ0v) is 9.64. The lowest BCUT2D eigenvalue weighted by Crippen LogP contribution is -2.32. The maximum Gasteiger partial charge on any atom is 0.212 e. The van der Waals surface area contributed by atoms with E-state index in [1.165, 1.54) is 0 Å². The molecule has 0 atom stereocenters. The minimum Gasteiger partial charge on any atom is -0.380 e. The molecule has 0 bridgehead atoms. The third kappa shape index (κ3) is 8.43. The van der Waals surface area contributed by atoms with Crippen molar-refractivity contribution in [3.8, 4) is 0 Å². The summed E-state index contributed by atoms with van der Waals surface area (Å²) in [5.74, 6) is 0.438. The second-order valence-electron chi connectivity index (χ2n) is 3.47. The van der Waals surface area contributed by atoms with Crippen LogP contribution in [0.1, 0.15) is 13.8 Å². The van der Waals surface area contributed by atoms with Gasteiger partial charge in [-0.1, -0.05) is 13.8 Å². The zero-order valence-electron chi connectivity index (χ0n) is 8.82. The highest BCUT2D eigenvalue weighted by molar-refractivity contribution is 7.89. The lowest BCUT2D eigenvalue weighted by atomic mass is 10.2. The van der Waals surface area contributed by atoms with Crippen molar-refractivity contribution in [3.05, 3.63) is 0 Å². The predicted molar refractivity (Wildman–Crippen MR) is 56.5 cm³/mol. The van der Waals surface area contributed by atoms with Crippen molar-refractivity contribution in [3.63, 3.8) is 0 Å². The molecule has 5 nitrogen and oxygen atoms in total. The van der Waals surface area contributed by atoms with E-state index < -0.39 is 10.0 Å². The Bertz CT molecular complexity index is 227. The van der Waals surface area contributed by atoms with Gasteiger partial charge in [-0.2, -0.15) is 0 Å². The molecule has 0 aromatic heterocycles. The monoisotopic (exact) mass is 224 g/mol. The summed E-state index contributed by atoms with van der Waals surface area (Å²) in [7, 11) is -3.19. The Hall–Kier alpha value is -0.170. The van der Waals surface area contributed by atoms with Gasteiger partial charge >= 0.3 is 0 Å². The highest BCUT2D eigenvalue weighted by Gasteiger charge is 2.06. The Kier molecular flexibility index (Phi) is 7.08. The van der Waals surface area contributed by atoms with Crippen molar-refractivity contribution < 1.29 is 13.2 Å². The van der Waals surface area contributed by atoms with Crippen LogP contribution in [0.5, 0.6) is 0 Å². The quantitative estimate of drug-likeness (QED) is 0.547. The summed E-state index contributed by atoms with van der Waals surface area (Å²) in [6, 6.07) is 0. The molecule has 0 amide bonds. The van der Waals surface area contributed by atoms with Crippen molar-refractivity contribution in [2.45, 2.75) is 13.8 Å². The molecular formula is C8H20N2O3S. The van der Waals surface area contributed by atoms with Gasteiger partial charge < -0.3 is 10.5 Å². The van der Waals surface area contributed by atoms with Gasteiger partial charge in [0.25, 0.3) is 0 Å². The number of rotatable bonds is 8. The molecule has 14 heavy (non-hydrogen) atoms. The van der Waals surface area contributed by atoms with Gasteiger partial charge in [-0.15, -0.1) is 0 Å². The first-order chi connectivity index (χ1) is 6.48. The average Bonchev–Trinajstić information content (AvgIpc) is 2.02. The summed E-state index contributed by atoms with van der Waals surface area (Å²) in [5.41, 5.74) is 5.13. The van der Waals surface area contributed by atoms with Crippen LogP contribution in [0.15, 0.2) is 0 Å². The normalized spacial score (nSPS) is 12.3. The Balaban J connectivity index is 3.45. The van der Waals surface area contributed by atoms with Crippen LogP contribution in [0, 0.1) is 5.92 Å². The van der Waals surface area contributed by atoms with Crippen LogP contribution < -0.4 is 10.5 Å². The summed E-state index contributed by atoms with van der Waals surface area (Å²) in [4.78, 5) is 0. The fraction of sp³-hybridized carbons (Fsp3) is 1.00. The van der Waals surface area contributed by atoms with Crippen LogP contribution in [0.2, 0.25) is 0 Å². The third-order valence-electron chi connectivity index (χ3n) is 1.41. The Labute approximate surface area is 86.1 Å². The zero-order chi connectivity index (χ0) is 11.0. The lowest BCUT2D eigenvalue weighted by molar-refractivity contribution is 0.114. The molecule has 6 heteroatoms. The van der Waals surface area contributed by atoms with Crippen LogP contribution in [-0.2, 0) is 14.8 Å². The fourth-order valence-corrected chi connectivity index (χ4v) is 1.66. The molecule has 0 saturated heterocycles. The van der Waals surface area contributed by atoms with E-state index in [1.54, 1.807) is 0 Å². The average molecular weight is 224 g/mol. The molecular weight excluding hydrogens is 204 g/mol. The van der Waals surface area contributed by atoms with E-state index in [9.17, 15) is 8.42 Å². The molecule has 3 N–H and O–H groups in total. The van der Waals surface area contributed by atoms with Gasteiger partial charge in [0.1, 0.15) is 0 Å². The number of nitrogens with one attached hydrogen (secondary N) is 1. The van der Waals surface area contributed by atoms with E-state index in [4.69, 9.17) is 10.5 Å². The van der Waals surface area contributed by atoms with Gasteiger partial charge in [0.05, 0.1) is 12.4 Å². The number of nitrogens with two attached hydrogens (primary N) is 1. The summed E-state index contributed by atoms with van der Waals surface area (Å²) in [6.07, 6.45) is 0. The lowest BCUT2D eigenvalue weighted by Gasteiger charge is -2.07. The molecule has 0 rings (SSSR count). The molecule has 0 aliphatic heterocycles. The second kappa shape index (κ2) is 7.17. The Morgan fingerprint density at radius 1 is 1.43 bits per heavy atom. The number of sulfonamides is 1. The molecule has 0 aromatic carbocycles. The highest BCUT2D eigenvalue weighted by Crippen LogP contribution is 1.91. The predicted octanol–water partition coefficient (Wildman–Crippen LogP) is -0.463. The van der Waals surface area contributed by atoms with Crippen LogP contribution in [-0.4, -0.2) is 40.5 Å². The van der Waals surface area contributed by atoms with Crippen LogP contribution in [0.4, 0.5) is 0 Å². The van der Waals surface area contributed by atoms with Crippen molar-refractivity contribution in [2.75, 3.05) is 32.1 Å². The van der Waals surface area contributed by atoms with Gasteiger partial charge in [-0.05, 0) is 5.92 Å². The number of ether oxygens (including phenoxy) is 1. The smallest absolute Gasteiger partial charge is 0.212 e. The summed E-state index contributed by atoms with van der Waals surface area (Å²) < 4.78 is 29.8. The van der Waals surface area contributed by atoms with Crippen molar-refractivity contribution in [2.24, 2.45) is 11.7 Å². The largest absolute Gasteiger partial charge is 0.380 e. The van der Waals surface area contributed by atoms with E-state index >= 15 is 0 Å². The first-order valence-corrected chi connectivity index (χ1v) is 6.38. The molecule has 0 aliphatic rings. The standard InChI is InChI=1S/C8H20N2O3S/c1-8(2)7-13-5-4-10-14(11,12)6-3-9/h8,10H,3-7,9H2,1-2H3. The molecule has 0 fully saturated rings. The van der Waals surface area contributed by atoms with Gasteiger partial charge in [0.15, 0.2) is 0 Å². The van der Waals surface area contributed by atoms with Crippen LogP contribution in [0.25, 0.3) is 0 Å². The topological polar surface area (TPSA) is 81.4 Å². The van der Waals surface area contributed by atoms with Crippen molar-refractivity contribution >= 4 is 10.0 Å². The molecule has 0 aromatic rings. The van der Waals surface area contributed by atoms with E-state index in [-0.39, 0.29) is 12.3 Å². The van der Waals surface area contributed by atoms with Gasteiger partial charge in [-0.25, -0.2) is 13.1 Å². The summed E-state index contributed by atoms with van der Waals surface area (Å²) in [6.45, 7) is 5.59. The minimum absolute atomic E-state index is 0.0306. The fourth-order valence-electron chi connectivity index (χ4n) is 0.816. The van der Waals surface area contributed by atoms with Crippen LogP contribution >= 0.6 is 0 Å².